The zero-order valence-electron chi connectivity index (χ0n) is 13.4. The topological polar surface area (TPSA) is 61.4 Å². The summed E-state index contributed by atoms with van der Waals surface area (Å²) >= 11 is 0. The first-order valence-electron chi connectivity index (χ1n) is 8.10. The van der Waals surface area contributed by atoms with E-state index in [2.05, 4.69) is 29.6 Å². The second kappa shape index (κ2) is 5.71. The van der Waals surface area contributed by atoms with Crippen LogP contribution in [0.15, 0.2) is 54.6 Å². The van der Waals surface area contributed by atoms with Crippen LogP contribution in [-0.4, -0.2) is 13.1 Å². The van der Waals surface area contributed by atoms with Crippen LogP contribution in [-0.2, 0) is 0 Å². The number of carboxylic acid groups (broad SMARTS) is 1. The minimum absolute atomic E-state index is 0.192. The highest BCUT2D eigenvalue weighted by molar-refractivity contribution is 5.87. The number of methoxy groups -OCH3 is 1. The van der Waals surface area contributed by atoms with Crippen molar-refractivity contribution in [1.29, 1.82) is 0 Å². The Labute approximate surface area is 140 Å². The third-order valence-electron chi connectivity index (χ3n) is 5.07. The molecule has 24 heavy (non-hydrogen) atoms. The largest absolute Gasteiger partial charge is 0.545 e. The Morgan fingerprint density at radius 2 is 2.00 bits per heavy atom. The summed E-state index contributed by atoms with van der Waals surface area (Å²) in [5.74, 6) is 0.318. The molecule has 2 aromatic rings. The molecule has 0 saturated heterocycles. The molecule has 0 radical (unpaired) electrons. The fourth-order valence-electron chi connectivity index (χ4n) is 3.86. The summed E-state index contributed by atoms with van der Waals surface area (Å²) in [7, 11) is 1.66. The molecule has 3 atom stereocenters. The van der Waals surface area contributed by atoms with Crippen LogP contribution in [0.5, 0.6) is 5.75 Å². The van der Waals surface area contributed by atoms with E-state index >= 15 is 0 Å². The quantitative estimate of drug-likeness (QED) is 0.883. The molecule has 0 amide bonds. The molecule has 4 nitrogen and oxygen atoms in total. The van der Waals surface area contributed by atoms with Crippen molar-refractivity contribution in [2.45, 2.75) is 18.4 Å². The van der Waals surface area contributed by atoms with Crippen molar-refractivity contribution in [3.8, 4) is 5.75 Å². The molecule has 1 heterocycles. The first-order chi connectivity index (χ1) is 11.7. The van der Waals surface area contributed by atoms with Gasteiger partial charge in [0.15, 0.2) is 0 Å². The van der Waals surface area contributed by atoms with Crippen LogP contribution >= 0.6 is 0 Å². The van der Waals surface area contributed by atoms with Gasteiger partial charge in [0, 0.05) is 11.6 Å². The van der Waals surface area contributed by atoms with Gasteiger partial charge in [-0.1, -0.05) is 30.4 Å². The third kappa shape index (κ3) is 2.35. The summed E-state index contributed by atoms with van der Waals surface area (Å²) in [5.41, 5.74) is 3.48. The van der Waals surface area contributed by atoms with Crippen LogP contribution in [0.3, 0.4) is 0 Å². The van der Waals surface area contributed by atoms with Crippen LogP contribution < -0.4 is 15.2 Å². The number of hydrogen-bond donors (Lipinski definition) is 1. The van der Waals surface area contributed by atoms with Crippen molar-refractivity contribution < 1.29 is 14.6 Å². The van der Waals surface area contributed by atoms with Crippen LogP contribution in [0.1, 0.15) is 39.9 Å². The van der Waals surface area contributed by atoms with Gasteiger partial charge < -0.3 is 20.0 Å². The molecule has 1 aliphatic carbocycles. The zero-order valence-corrected chi connectivity index (χ0v) is 13.4. The molecule has 1 aliphatic heterocycles. The Hall–Kier alpha value is -2.75. The molecule has 0 spiro atoms. The summed E-state index contributed by atoms with van der Waals surface area (Å²) in [6.07, 6.45) is 5.36. The van der Waals surface area contributed by atoms with Crippen molar-refractivity contribution in [3.63, 3.8) is 0 Å². The summed E-state index contributed by atoms with van der Waals surface area (Å²) < 4.78 is 5.24. The van der Waals surface area contributed by atoms with Gasteiger partial charge in [0.25, 0.3) is 0 Å². The maximum Gasteiger partial charge on any atom is 0.118 e. The molecule has 0 fully saturated rings. The van der Waals surface area contributed by atoms with Crippen molar-refractivity contribution >= 4 is 11.7 Å². The molecule has 4 rings (SSSR count). The van der Waals surface area contributed by atoms with Gasteiger partial charge in [0.05, 0.1) is 19.1 Å². The fourth-order valence-corrected chi connectivity index (χ4v) is 3.86. The summed E-state index contributed by atoms with van der Waals surface area (Å²) in [5, 5.41) is 14.8. The number of carboxylic acids is 1. The van der Waals surface area contributed by atoms with E-state index in [0.717, 1.165) is 23.4 Å². The molecule has 0 aromatic heterocycles. The normalized spacial score (nSPS) is 24.0. The Bertz CT molecular complexity index is 810. The maximum absolute atomic E-state index is 11.2. The number of ether oxygens (including phenoxy) is 1. The monoisotopic (exact) mass is 320 g/mol. The van der Waals surface area contributed by atoms with Gasteiger partial charge in [-0.25, -0.2) is 0 Å². The lowest BCUT2D eigenvalue weighted by Gasteiger charge is -2.37. The predicted molar refractivity (Wildman–Crippen MR) is 90.1 cm³/mol. The minimum Gasteiger partial charge on any atom is -0.545 e. The van der Waals surface area contributed by atoms with Crippen LogP contribution in [0, 0.1) is 5.92 Å². The van der Waals surface area contributed by atoms with Crippen molar-refractivity contribution in [2.75, 3.05) is 12.4 Å². The summed E-state index contributed by atoms with van der Waals surface area (Å²) in [6, 6.07) is 13.5. The number of anilines is 1. The van der Waals surface area contributed by atoms with Gasteiger partial charge in [0.2, 0.25) is 0 Å². The standard InChI is InChI=1S/C20H19NO3/c1-24-14-8-5-12(6-9-14)19-16-4-2-3-15(16)17-11-13(20(22)23)7-10-18(17)21-19/h2-3,5-11,15-16,19,21H,4H2,1H3,(H,22,23)/p-1/t15-,16+,19-/m0/s1. The number of fused-ring (bicyclic) bond motifs is 3. The first kappa shape index (κ1) is 14.8. The highest BCUT2D eigenvalue weighted by Crippen LogP contribution is 2.49. The number of nitrogens with one attached hydrogen (secondary N) is 1. The van der Waals surface area contributed by atoms with E-state index in [4.69, 9.17) is 4.74 Å². The third-order valence-corrected chi connectivity index (χ3v) is 5.07. The van der Waals surface area contributed by atoms with E-state index in [1.807, 2.05) is 18.2 Å². The fraction of sp³-hybridized carbons (Fsp3) is 0.250. The molecule has 0 saturated carbocycles. The average Bonchev–Trinajstić information content (AvgIpc) is 3.10. The Morgan fingerprint density at radius 3 is 2.71 bits per heavy atom. The molecule has 0 unspecified atom stereocenters. The number of allylic oxidation sites excluding steroid dienone is 2. The average molecular weight is 320 g/mol. The van der Waals surface area contributed by atoms with Gasteiger partial charge in [-0.2, -0.15) is 0 Å². The number of rotatable bonds is 3. The number of hydrogen-bond acceptors (Lipinski definition) is 4. The molecular weight excluding hydrogens is 302 g/mol. The number of carbonyl (C=O) groups excluding carboxylic acids is 1. The Kier molecular flexibility index (Phi) is 3.53. The summed E-state index contributed by atoms with van der Waals surface area (Å²) in [6.45, 7) is 0. The molecule has 0 bridgehead atoms. The first-order valence-corrected chi connectivity index (χ1v) is 8.10. The lowest BCUT2D eigenvalue weighted by atomic mass is 9.76. The van der Waals surface area contributed by atoms with Gasteiger partial charge in [0.1, 0.15) is 5.75 Å². The van der Waals surface area contributed by atoms with Crippen molar-refractivity contribution in [1.82, 2.24) is 0 Å². The van der Waals surface area contributed by atoms with E-state index < -0.39 is 5.97 Å². The predicted octanol–water partition coefficient (Wildman–Crippen LogP) is 2.89. The lowest BCUT2D eigenvalue weighted by Crippen LogP contribution is -2.30. The zero-order chi connectivity index (χ0) is 16.7. The highest BCUT2D eigenvalue weighted by Gasteiger charge is 2.37. The number of aromatic carboxylic acids is 1. The number of benzene rings is 2. The second-order valence-corrected chi connectivity index (χ2v) is 6.34. The second-order valence-electron chi connectivity index (χ2n) is 6.34. The maximum atomic E-state index is 11.2. The molecule has 2 aromatic carbocycles. The number of carbonyl (C=O) groups is 1. The molecular formula is C20H18NO3-. The Balaban J connectivity index is 1.73. The van der Waals surface area contributed by atoms with E-state index in [9.17, 15) is 9.90 Å². The van der Waals surface area contributed by atoms with Crippen LogP contribution in [0.4, 0.5) is 5.69 Å². The SMILES string of the molecule is COc1ccc([C@@H]2Nc3ccc(C(=O)[O-])cc3[C@H]3C=CC[C@H]32)cc1. The van der Waals surface area contributed by atoms with E-state index in [-0.39, 0.29) is 17.5 Å². The van der Waals surface area contributed by atoms with Crippen LogP contribution in [0.2, 0.25) is 0 Å². The van der Waals surface area contributed by atoms with Crippen molar-refractivity contribution in [3.05, 3.63) is 71.3 Å². The van der Waals surface area contributed by atoms with Gasteiger partial charge in [-0.3, -0.25) is 0 Å². The van der Waals surface area contributed by atoms with Gasteiger partial charge >= 0.3 is 0 Å². The Morgan fingerprint density at radius 1 is 1.21 bits per heavy atom. The van der Waals surface area contributed by atoms with E-state index in [1.54, 1.807) is 19.2 Å². The van der Waals surface area contributed by atoms with Gasteiger partial charge in [-0.05, 0) is 53.3 Å². The molecule has 2 aliphatic rings. The highest BCUT2D eigenvalue weighted by atomic mass is 16.5. The lowest BCUT2D eigenvalue weighted by molar-refractivity contribution is -0.255. The van der Waals surface area contributed by atoms with E-state index in [1.165, 1.54) is 5.56 Å². The molecule has 1 N–H and O–H groups in total. The van der Waals surface area contributed by atoms with Crippen molar-refractivity contribution in [2.24, 2.45) is 5.92 Å². The smallest absolute Gasteiger partial charge is 0.118 e. The molecule has 122 valence electrons. The van der Waals surface area contributed by atoms with E-state index in [0.29, 0.717) is 5.92 Å². The summed E-state index contributed by atoms with van der Waals surface area (Å²) in [4.78, 5) is 11.2. The minimum atomic E-state index is -1.13. The van der Waals surface area contributed by atoms with Gasteiger partial charge in [-0.15, -0.1) is 0 Å². The van der Waals surface area contributed by atoms with Crippen LogP contribution in [0.25, 0.3) is 0 Å². The molecule has 4 heteroatoms.